The third-order valence-corrected chi connectivity index (χ3v) is 5.66. The molecule has 3 rings (SSSR count). The predicted molar refractivity (Wildman–Crippen MR) is 134 cm³/mol. The quantitative estimate of drug-likeness (QED) is 0.249. The van der Waals surface area contributed by atoms with E-state index in [9.17, 15) is 29.4 Å². The fourth-order valence-corrected chi connectivity index (χ4v) is 4.02. The number of hydrogen-bond donors (Lipinski definition) is 2. The molecular weight excluding hydrogens is 462 g/mol. The molecule has 3 aromatic rings. The average molecular weight is 490 g/mol. The van der Waals surface area contributed by atoms with Crippen molar-refractivity contribution in [3.63, 3.8) is 0 Å². The van der Waals surface area contributed by atoms with E-state index in [0.29, 0.717) is 59.0 Å². The van der Waals surface area contributed by atoms with Gasteiger partial charge >= 0.3 is 5.97 Å². The van der Waals surface area contributed by atoms with Crippen LogP contribution in [0.1, 0.15) is 63.6 Å². The summed E-state index contributed by atoms with van der Waals surface area (Å²) in [6.45, 7) is 3.09. The molecule has 0 saturated heterocycles. The second kappa shape index (κ2) is 11.8. The number of carbonyl (C=O) groups excluding carboxylic acids is 4. The molecule has 186 valence electrons. The molecule has 0 aliphatic carbocycles. The summed E-state index contributed by atoms with van der Waals surface area (Å²) >= 11 is 0. The topological polar surface area (TPSA) is 121 Å². The fourth-order valence-electron chi connectivity index (χ4n) is 4.02. The van der Waals surface area contributed by atoms with Crippen molar-refractivity contribution in [2.24, 2.45) is 0 Å². The number of esters is 1. The first-order chi connectivity index (χ1) is 17.3. The Labute approximate surface area is 208 Å². The van der Waals surface area contributed by atoms with Gasteiger partial charge in [0.1, 0.15) is 24.1 Å². The van der Waals surface area contributed by atoms with Crippen molar-refractivity contribution < 1.29 is 34.1 Å². The summed E-state index contributed by atoms with van der Waals surface area (Å²) in [6, 6.07) is 15.7. The first-order valence-electron chi connectivity index (χ1n) is 11.4. The van der Waals surface area contributed by atoms with E-state index >= 15 is 0 Å². The number of rotatable bonds is 10. The molecule has 0 fully saturated rings. The summed E-state index contributed by atoms with van der Waals surface area (Å²) < 4.78 is 4.89. The molecule has 3 aromatic carbocycles. The molecule has 0 heterocycles. The number of carbonyl (C=O) groups is 4. The van der Waals surface area contributed by atoms with Crippen LogP contribution >= 0.6 is 0 Å². The highest BCUT2D eigenvalue weighted by Crippen LogP contribution is 2.42. The number of phenolic OH excluding ortho intramolecular Hbond substituents is 2. The SMILES string of the molecule is CCCN(C(=O)COC(C)=O)c1cccc(C(c2cc(C=O)ccc2O)c2cc(C=O)ccc2O)c1. The van der Waals surface area contributed by atoms with E-state index in [4.69, 9.17) is 4.74 Å². The van der Waals surface area contributed by atoms with Crippen LogP contribution in [-0.2, 0) is 14.3 Å². The Morgan fingerprint density at radius 1 is 0.917 bits per heavy atom. The number of anilines is 1. The first kappa shape index (κ1) is 26.2. The summed E-state index contributed by atoms with van der Waals surface area (Å²) in [6.07, 6.45) is 1.94. The van der Waals surface area contributed by atoms with E-state index in [1.54, 1.807) is 24.3 Å². The summed E-state index contributed by atoms with van der Waals surface area (Å²) in [5.74, 6) is -1.97. The van der Waals surface area contributed by atoms with Gasteiger partial charge in [-0.25, -0.2) is 0 Å². The van der Waals surface area contributed by atoms with Crippen LogP contribution in [0.2, 0.25) is 0 Å². The number of phenols is 2. The molecule has 0 atom stereocenters. The fraction of sp³-hybridized carbons (Fsp3) is 0.214. The van der Waals surface area contributed by atoms with E-state index in [0.717, 1.165) is 0 Å². The van der Waals surface area contributed by atoms with Gasteiger partial charge in [0.15, 0.2) is 6.61 Å². The lowest BCUT2D eigenvalue weighted by atomic mass is 9.82. The van der Waals surface area contributed by atoms with Crippen molar-refractivity contribution in [1.29, 1.82) is 0 Å². The van der Waals surface area contributed by atoms with Crippen LogP contribution < -0.4 is 4.90 Å². The molecule has 0 aliphatic heterocycles. The second-order valence-corrected chi connectivity index (χ2v) is 8.23. The van der Waals surface area contributed by atoms with E-state index in [2.05, 4.69) is 0 Å². The predicted octanol–water partition coefficient (Wildman–Crippen LogP) is 4.21. The number of aldehydes is 2. The molecule has 0 spiro atoms. The summed E-state index contributed by atoms with van der Waals surface area (Å²) in [7, 11) is 0. The number of aromatic hydroxyl groups is 2. The summed E-state index contributed by atoms with van der Waals surface area (Å²) in [4.78, 5) is 48.5. The van der Waals surface area contributed by atoms with Gasteiger partial charge in [0.05, 0.1) is 0 Å². The average Bonchev–Trinajstić information content (AvgIpc) is 2.88. The number of ether oxygens (including phenoxy) is 1. The molecule has 0 radical (unpaired) electrons. The van der Waals surface area contributed by atoms with E-state index in [1.165, 1.54) is 48.2 Å². The molecule has 0 saturated carbocycles. The van der Waals surface area contributed by atoms with Crippen molar-refractivity contribution in [1.82, 2.24) is 0 Å². The van der Waals surface area contributed by atoms with Crippen LogP contribution in [0.15, 0.2) is 60.7 Å². The summed E-state index contributed by atoms with van der Waals surface area (Å²) in [5, 5.41) is 21.5. The van der Waals surface area contributed by atoms with Gasteiger partial charge in [0.2, 0.25) is 0 Å². The molecule has 8 nitrogen and oxygen atoms in total. The van der Waals surface area contributed by atoms with E-state index < -0.39 is 24.4 Å². The van der Waals surface area contributed by atoms with Crippen molar-refractivity contribution in [2.45, 2.75) is 26.2 Å². The minimum absolute atomic E-state index is 0.108. The Balaban J connectivity index is 2.19. The zero-order chi connectivity index (χ0) is 26.2. The molecule has 0 bridgehead atoms. The Kier molecular flexibility index (Phi) is 8.57. The largest absolute Gasteiger partial charge is 0.508 e. The Hall–Kier alpha value is -4.46. The van der Waals surface area contributed by atoms with Gasteiger partial charge in [-0.2, -0.15) is 0 Å². The van der Waals surface area contributed by atoms with Crippen molar-refractivity contribution in [3.05, 3.63) is 88.5 Å². The molecular formula is C28H27NO7. The van der Waals surface area contributed by atoms with Crippen molar-refractivity contribution in [3.8, 4) is 11.5 Å². The maximum atomic E-state index is 12.8. The lowest BCUT2D eigenvalue weighted by Gasteiger charge is -2.26. The van der Waals surface area contributed by atoms with Crippen LogP contribution in [0.25, 0.3) is 0 Å². The molecule has 1 amide bonds. The maximum absolute atomic E-state index is 12.8. The lowest BCUT2D eigenvalue weighted by molar-refractivity contribution is -0.145. The standard InChI is InChI=1S/C28H27NO7/c1-3-11-29(27(35)17-36-18(2)32)22-6-4-5-21(14-22)28(23-12-19(15-30)7-9-25(23)33)24-13-20(16-31)8-10-26(24)34/h4-10,12-16,28,33-34H,3,11,17H2,1-2H3. The van der Waals surface area contributed by atoms with E-state index in [-0.39, 0.29) is 11.5 Å². The maximum Gasteiger partial charge on any atom is 0.303 e. The van der Waals surface area contributed by atoms with E-state index in [1.807, 2.05) is 6.92 Å². The van der Waals surface area contributed by atoms with Gasteiger partial charge in [-0.3, -0.25) is 19.2 Å². The van der Waals surface area contributed by atoms with Crippen LogP contribution in [0.3, 0.4) is 0 Å². The van der Waals surface area contributed by atoms with Crippen LogP contribution in [0.4, 0.5) is 5.69 Å². The highest BCUT2D eigenvalue weighted by Gasteiger charge is 2.25. The van der Waals surface area contributed by atoms with Gasteiger partial charge < -0.3 is 19.8 Å². The van der Waals surface area contributed by atoms with Crippen LogP contribution in [0.5, 0.6) is 11.5 Å². The van der Waals surface area contributed by atoms with Crippen molar-refractivity contribution in [2.75, 3.05) is 18.1 Å². The molecule has 0 aliphatic rings. The Bertz CT molecular complexity index is 1230. The highest BCUT2D eigenvalue weighted by molar-refractivity contribution is 5.95. The normalized spacial score (nSPS) is 10.6. The van der Waals surface area contributed by atoms with Crippen LogP contribution in [0, 0.1) is 0 Å². The minimum atomic E-state index is -0.781. The number of benzene rings is 3. The number of amides is 1. The molecule has 0 unspecified atom stereocenters. The lowest BCUT2D eigenvalue weighted by Crippen LogP contribution is -2.35. The zero-order valence-electron chi connectivity index (χ0n) is 20.0. The third-order valence-electron chi connectivity index (χ3n) is 5.66. The zero-order valence-corrected chi connectivity index (χ0v) is 20.0. The second-order valence-electron chi connectivity index (χ2n) is 8.23. The van der Waals surface area contributed by atoms with Gasteiger partial charge in [-0.1, -0.05) is 19.1 Å². The van der Waals surface area contributed by atoms with Gasteiger partial charge in [-0.05, 0) is 60.5 Å². The van der Waals surface area contributed by atoms with Gasteiger partial charge in [0, 0.05) is 47.3 Å². The molecule has 2 N–H and O–H groups in total. The van der Waals surface area contributed by atoms with Crippen molar-refractivity contribution >= 4 is 30.1 Å². The minimum Gasteiger partial charge on any atom is -0.508 e. The monoisotopic (exact) mass is 489 g/mol. The Morgan fingerprint density at radius 3 is 2.00 bits per heavy atom. The van der Waals surface area contributed by atoms with Gasteiger partial charge in [0.25, 0.3) is 5.91 Å². The number of hydrogen-bond acceptors (Lipinski definition) is 7. The number of nitrogens with zero attached hydrogens (tertiary/aromatic N) is 1. The van der Waals surface area contributed by atoms with Gasteiger partial charge in [-0.15, -0.1) is 0 Å². The highest BCUT2D eigenvalue weighted by atomic mass is 16.5. The Morgan fingerprint density at radius 2 is 1.50 bits per heavy atom. The molecule has 8 heteroatoms. The third kappa shape index (κ3) is 5.96. The molecule has 36 heavy (non-hydrogen) atoms. The summed E-state index contributed by atoms with van der Waals surface area (Å²) in [5.41, 5.74) is 2.42. The smallest absolute Gasteiger partial charge is 0.303 e. The first-order valence-corrected chi connectivity index (χ1v) is 11.4. The van der Waals surface area contributed by atoms with Crippen LogP contribution in [-0.4, -0.2) is 47.8 Å². The molecule has 0 aromatic heterocycles.